The van der Waals surface area contributed by atoms with Crippen molar-refractivity contribution < 1.29 is 9.47 Å². The van der Waals surface area contributed by atoms with Crippen LogP contribution in [0.5, 0.6) is 5.75 Å². The molecule has 0 spiro atoms. The Hall–Kier alpha value is -1.06. The first-order valence-electron chi connectivity index (χ1n) is 7.29. The molecule has 19 heavy (non-hydrogen) atoms. The second-order valence-corrected chi connectivity index (χ2v) is 5.56. The minimum atomic E-state index is 0.0694. The van der Waals surface area contributed by atoms with E-state index >= 15 is 0 Å². The minimum absolute atomic E-state index is 0.0694. The summed E-state index contributed by atoms with van der Waals surface area (Å²) >= 11 is 0. The number of ether oxygens (including phenoxy) is 2. The Morgan fingerprint density at radius 1 is 1.42 bits per heavy atom. The van der Waals surface area contributed by atoms with Gasteiger partial charge in [0, 0.05) is 12.6 Å². The first-order chi connectivity index (χ1) is 9.15. The molecule has 1 fully saturated rings. The van der Waals surface area contributed by atoms with Gasteiger partial charge in [0.25, 0.3) is 0 Å². The van der Waals surface area contributed by atoms with Crippen LogP contribution in [0.3, 0.4) is 0 Å². The zero-order valence-corrected chi connectivity index (χ0v) is 12.0. The molecule has 3 nitrogen and oxygen atoms in total. The molecule has 106 valence electrons. The molecule has 0 bridgehead atoms. The Bertz CT molecular complexity index is 386. The monoisotopic (exact) mass is 263 g/mol. The van der Waals surface area contributed by atoms with Crippen molar-refractivity contribution in [3.8, 4) is 5.75 Å². The van der Waals surface area contributed by atoms with Gasteiger partial charge in [-0.15, -0.1) is 0 Å². The van der Waals surface area contributed by atoms with Crippen molar-refractivity contribution in [1.29, 1.82) is 0 Å². The van der Waals surface area contributed by atoms with E-state index in [0.29, 0.717) is 6.10 Å². The third-order valence-electron chi connectivity index (χ3n) is 3.48. The lowest BCUT2D eigenvalue weighted by atomic mass is 10.00. The van der Waals surface area contributed by atoms with Gasteiger partial charge in [-0.25, -0.2) is 0 Å². The van der Waals surface area contributed by atoms with E-state index < -0.39 is 0 Å². The van der Waals surface area contributed by atoms with Crippen LogP contribution in [0.2, 0.25) is 0 Å². The highest BCUT2D eigenvalue weighted by molar-refractivity contribution is 5.30. The topological polar surface area (TPSA) is 44.5 Å². The van der Waals surface area contributed by atoms with Gasteiger partial charge in [-0.3, -0.25) is 0 Å². The molecular weight excluding hydrogens is 238 g/mol. The molecule has 1 saturated heterocycles. The molecule has 0 aliphatic carbocycles. The van der Waals surface area contributed by atoms with Crippen LogP contribution >= 0.6 is 0 Å². The Labute approximate surface area is 116 Å². The summed E-state index contributed by atoms with van der Waals surface area (Å²) in [5.41, 5.74) is 7.41. The van der Waals surface area contributed by atoms with E-state index in [-0.39, 0.29) is 12.1 Å². The lowest BCUT2D eigenvalue weighted by Gasteiger charge is -2.16. The molecule has 1 aromatic rings. The van der Waals surface area contributed by atoms with Gasteiger partial charge in [-0.1, -0.05) is 12.1 Å². The molecule has 2 unspecified atom stereocenters. The van der Waals surface area contributed by atoms with Crippen molar-refractivity contribution in [1.82, 2.24) is 0 Å². The highest BCUT2D eigenvalue weighted by Crippen LogP contribution is 2.25. The van der Waals surface area contributed by atoms with Crippen LogP contribution in [0.25, 0.3) is 0 Å². The molecule has 1 aromatic carbocycles. The standard InChI is InChI=1S/C16H25NO2/c1-12(2)19-15-6-3-5-13(11-15)16(17)9-8-14-7-4-10-18-14/h3,5-6,11-12,14,16H,4,7-10,17H2,1-2H3. The Morgan fingerprint density at radius 2 is 2.26 bits per heavy atom. The normalized spacial score (nSPS) is 20.7. The number of hydrogen-bond acceptors (Lipinski definition) is 3. The highest BCUT2D eigenvalue weighted by Gasteiger charge is 2.17. The molecule has 0 saturated carbocycles. The van der Waals surface area contributed by atoms with Crippen molar-refractivity contribution >= 4 is 0 Å². The third kappa shape index (κ3) is 4.51. The Balaban J connectivity index is 1.88. The molecule has 1 aliphatic heterocycles. The lowest BCUT2D eigenvalue weighted by Crippen LogP contribution is -2.14. The molecular formula is C16H25NO2. The predicted molar refractivity (Wildman–Crippen MR) is 77.3 cm³/mol. The van der Waals surface area contributed by atoms with E-state index in [1.165, 1.54) is 12.8 Å². The molecule has 2 rings (SSSR count). The van der Waals surface area contributed by atoms with E-state index in [1.807, 2.05) is 26.0 Å². The maximum Gasteiger partial charge on any atom is 0.120 e. The summed E-state index contributed by atoms with van der Waals surface area (Å²) in [5, 5.41) is 0. The van der Waals surface area contributed by atoms with E-state index in [2.05, 4.69) is 12.1 Å². The van der Waals surface area contributed by atoms with E-state index in [0.717, 1.165) is 30.8 Å². The summed E-state index contributed by atoms with van der Waals surface area (Å²) in [5.74, 6) is 0.903. The van der Waals surface area contributed by atoms with Gasteiger partial charge in [0.2, 0.25) is 0 Å². The van der Waals surface area contributed by atoms with Crippen LogP contribution in [0.15, 0.2) is 24.3 Å². The second-order valence-electron chi connectivity index (χ2n) is 5.56. The van der Waals surface area contributed by atoms with Crippen LogP contribution < -0.4 is 10.5 Å². The summed E-state index contributed by atoms with van der Waals surface area (Å²) < 4.78 is 11.3. The second kappa shape index (κ2) is 6.92. The molecule has 2 atom stereocenters. The van der Waals surface area contributed by atoms with Gasteiger partial charge in [-0.2, -0.15) is 0 Å². The van der Waals surface area contributed by atoms with Crippen LogP contribution in [0.4, 0.5) is 0 Å². The van der Waals surface area contributed by atoms with Crippen LogP contribution in [0.1, 0.15) is 51.1 Å². The van der Waals surface area contributed by atoms with Gasteiger partial charge in [-0.05, 0) is 57.2 Å². The first-order valence-corrected chi connectivity index (χ1v) is 7.29. The SMILES string of the molecule is CC(C)Oc1cccc(C(N)CCC2CCCO2)c1. The molecule has 1 aliphatic rings. The minimum Gasteiger partial charge on any atom is -0.491 e. The van der Waals surface area contributed by atoms with E-state index in [9.17, 15) is 0 Å². The molecule has 0 aromatic heterocycles. The van der Waals surface area contributed by atoms with E-state index in [4.69, 9.17) is 15.2 Å². The maximum absolute atomic E-state index is 6.26. The van der Waals surface area contributed by atoms with Crippen molar-refractivity contribution in [3.05, 3.63) is 29.8 Å². The van der Waals surface area contributed by atoms with Gasteiger partial charge >= 0.3 is 0 Å². The zero-order valence-electron chi connectivity index (χ0n) is 12.0. The number of benzene rings is 1. The largest absolute Gasteiger partial charge is 0.491 e. The highest BCUT2D eigenvalue weighted by atomic mass is 16.5. The molecule has 0 amide bonds. The van der Waals surface area contributed by atoms with Gasteiger partial charge < -0.3 is 15.2 Å². The number of hydrogen-bond donors (Lipinski definition) is 1. The van der Waals surface area contributed by atoms with Crippen molar-refractivity contribution in [2.24, 2.45) is 5.73 Å². The fourth-order valence-corrected chi connectivity index (χ4v) is 2.49. The first kappa shape index (κ1) is 14.4. The summed E-state index contributed by atoms with van der Waals surface area (Å²) in [6.07, 6.45) is 5.01. The molecule has 3 heteroatoms. The zero-order chi connectivity index (χ0) is 13.7. The van der Waals surface area contributed by atoms with Crippen molar-refractivity contribution in [3.63, 3.8) is 0 Å². The van der Waals surface area contributed by atoms with Gasteiger partial charge in [0.15, 0.2) is 0 Å². The molecule has 1 heterocycles. The van der Waals surface area contributed by atoms with Crippen LogP contribution in [-0.4, -0.2) is 18.8 Å². The lowest BCUT2D eigenvalue weighted by molar-refractivity contribution is 0.101. The fourth-order valence-electron chi connectivity index (χ4n) is 2.49. The molecule has 2 N–H and O–H groups in total. The Kier molecular flexibility index (Phi) is 5.23. The maximum atomic E-state index is 6.26. The average molecular weight is 263 g/mol. The quantitative estimate of drug-likeness (QED) is 0.855. The van der Waals surface area contributed by atoms with Gasteiger partial charge in [0.1, 0.15) is 5.75 Å². The van der Waals surface area contributed by atoms with Crippen LogP contribution in [-0.2, 0) is 4.74 Å². The van der Waals surface area contributed by atoms with Crippen LogP contribution in [0, 0.1) is 0 Å². The predicted octanol–water partition coefficient (Wildman–Crippen LogP) is 3.43. The van der Waals surface area contributed by atoms with Gasteiger partial charge in [0.05, 0.1) is 12.2 Å². The van der Waals surface area contributed by atoms with Crippen molar-refractivity contribution in [2.45, 2.75) is 57.8 Å². The van der Waals surface area contributed by atoms with E-state index in [1.54, 1.807) is 0 Å². The third-order valence-corrected chi connectivity index (χ3v) is 3.48. The number of nitrogens with two attached hydrogens (primary N) is 1. The summed E-state index contributed by atoms with van der Waals surface area (Å²) in [6, 6.07) is 8.20. The fraction of sp³-hybridized carbons (Fsp3) is 0.625. The Morgan fingerprint density at radius 3 is 2.95 bits per heavy atom. The summed E-state index contributed by atoms with van der Waals surface area (Å²) in [7, 11) is 0. The van der Waals surface area contributed by atoms with Crippen molar-refractivity contribution in [2.75, 3.05) is 6.61 Å². The summed E-state index contributed by atoms with van der Waals surface area (Å²) in [6.45, 7) is 4.98. The average Bonchev–Trinajstić information content (AvgIpc) is 2.88. The smallest absolute Gasteiger partial charge is 0.120 e. The number of rotatable bonds is 6. The molecule has 0 radical (unpaired) electrons. The summed E-state index contributed by atoms with van der Waals surface area (Å²) in [4.78, 5) is 0.